The van der Waals surface area contributed by atoms with Crippen LogP contribution in [0.2, 0.25) is 5.02 Å². The fraction of sp³-hybridized carbons (Fsp3) is 0.261. The van der Waals surface area contributed by atoms with E-state index in [0.717, 1.165) is 45.2 Å². The Morgan fingerprint density at radius 3 is 2.48 bits per heavy atom. The third kappa shape index (κ3) is 4.31. The van der Waals surface area contributed by atoms with Gasteiger partial charge in [-0.2, -0.15) is 0 Å². The Labute approximate surface area is 180 Å². The molecule has 4 rings (SSSR count). The van der Waals surface area contributed by atoms with Crippen LogP contribution in [0.25, 0.3) is 10.8 Å². The van der Waals surface area contributed by atoms with Gasteiger partial charge in [0.05, 0.1) is 18.6 Å². The second-order valence-corrected chi connectivity index (χ2v) is 8.35. The molecule has 0 radical (unpaired) electrons. The lowest BCUT2D eigenvalue weighted by molar-refractivity contribution is -0.128. The predicted octanol–water partition coefficient (Wildman–Crippen LogP) is 4.94. The Balaban J connectivity index is 1.38. The van der Waals surface area contributed by atoms with Crippen LogP contribution in [0.5, 0.6) is 5.75 Å². The van der Waals surface area contributed by atoms with Crippen molar-refractivity contribution in [2.45, 2.75) is 4.90 Å². The zero-order valence-electron chi connectivity index (χ0n) is 16.3. The zero-order valence-corrected chi connectivity index (χ0v) is 17.9. The lowest BCUT2D eigenvalue weighted by Gasteiger charge is -2.36. The van der Waals surface area contributed by atoms with Crippen molar-refractivity contribution in [3.05, 3.63) is 65.7 Å². The van der Waals surface area contributed by atoms with Crippen molar-refractivity contribution < 1.29 is 9.53 Å². The molecule has 0 unspecified atom stereocenters. The molecular weight excluding hydrogens is 404 g/mol. The smallest absolute Gasteiger partial charge is 0.233 e. The summed E-state index contributed by atoms with van der Waals surface area (Å²) in [7, 11) is 1.69. The largest absolute Gasteiger partial charge is 0.495 e. The van der Waals surface area contributed by atoms with E-state index in [-0.39, 0.29) is 5.91 Å². The number of amides is 1. The van der Waals surface area contributed by atoms with E-state index in [2.05, 4.69) is 11.0 Å². The molecule has 6 heteroatoms. The van der Waals surface area contributed by atoms with Gasteiger partial charge in [-0.05, 0) is 29.7 Å². The minimum atomic E-state index is 0.165. The highest BCUT2D eigenvalue weighted by Crippen LogP contribution is 2.33. The van der Waals surface area contributed by atoms with E-state index >= 15 is 0 Å². The number of carbonyl (C=O) groups is 1. The van der Waals surface area contributed by atoms with Gasteiger partial charge < -0.3 is 14.5 Å². The monoisotopic (exact) mass is 426 g/mol. The van der Waals surface area contributed by atoms with Crippen LogP contribution in [0.4, 0.5) is 5.69 Å². The van der Waals surface area contributed by atoms with E-state index in [4.69, 9.17) is 16.3 Å². The SMILES string of the molecule is COc1ccccc1N1CCN(C(=O)CSc2cccc3cccc(Cl)c23)CC1. The fourth-order valence-electron chi connectivity index (χ4n) is 3.70. The number of piperazine rings is 1. The van der Waals surface area contributed by atoms with Crippen LogP contribution in [-0.2, 0) is 4.79 Å². The molecule has 1 aliphatic rings. The van der Waals surface area contributed by atoms with E-state index in [1.165, 1.54) is 0 Å². The van der Waals surface area contributed by atoms with Crippen molar-refractivity contribution in [1.82, 2.24) is 4.90 Å². The summed E-state index contributed by atoms with van der Waals surface area (Å²) < 4.78 is 5.47. The summed E-state index contributed by atoms with van der Waals surface area (Å²) in [5, 5.41) is 2.85. The van der Waals surface area contributed by atoms with Crippen LogP contribution in [-0.4, -0.2) is 49.8 Å². The molecule has 1 fully saturated rings. The summed E-state index contributed by atoms with van der Waals surface area (Å²) in [5.41, 5.74) is 1.09. The zero-order chi connectivity index (χ0) is 20.2. The topological polar surface area (TPSA) is 32.8 Å². The van der Waals surface area contributed by atoms with E-state index < -0.39 is 0 Å². The van der Waals surface area contributed by atoms with Gasteiger partial charge in [-0.3, -0.25) is 4.79 Å². The molecule has 1 saturated heterocycles. The molecule has 0 N–H and O–H groups in total. The number of ether oxygens (including phenoxy) is 1. The molecule has 29 heavy (non-hydrogen) atoms. The highest BCUT2D eigenvalue weighted by Gasteiger charge is 2.23. The molecule has 0 aliphatic carbocycles. The maximum atomic E-state index is 12.8. The molecule has 0 spiro atoms. The lowest BCUT2D eigenvalue weighted by atomic mass is 10.1. The number of methoxy groups -OCH3 is 1. The average Bonchev–Trinajstić information content (AvgIpc) is 2.77. The summed E-state index contributed by atoms with van der Waals surface area (Å²) in [6, 6.07) is 20.0. The van der Waals surface area contributed by atoms with E-state index in [9.17, 15) is 4.79 Å². The van der Waals surface area contributed by atoms with Gasteiger partial charge in [0.15, 0.2) is 0 Å². The molecule has 0 saturated carbocycles. The standard InChI is InChI=1S/C23H23ClN2O2S/c1-28-20-10-3-2-9-19(20)25-12-14-26(15-13-25)22(27)16-29-21-11-5-7-17-6-4-8-18(24)23(17)21/h2-11H,12-16H2,1H3. The van der Waals surface area contributed by atoms with Crippen LogP contribution in [0.15, 0.2) is 65.6 Å². The van der Waals surface area contributed by atoms with Gasteiger partial charge in [-0.15, -0.1) is 11.8 Å². The van der Waals surface area contributed by atoms with Crippen molar-refractivity contribution >= 4 is 45.7 Å². The Morgan fingerprint density at radius 2 is 1.72 bits per heavy atom. The first-order valence-electron chi connectivity index (χ1n) is 9.63. The highest BCUT2D eigenvalue weighted by atomic mass is 35.5. The Bertz CT molecular complexity index is 1010. The first-order chi connectivity index (χ1) is 14.2. The summed E-state index contributed by atoms with van der Waals surface area (Å²) in [4.78, 5) is 18.1. The average molecular weight is 427 g/mol. The van der Waals surface area contributed by atoms with Gasteiger partial charge in [-0.1, -0.05) is 48.0 Å². The number of nitrogens with zero attached hydrogens (tertiary/aromatic N) is 2. The number of anilines is 1. The van der Waals surface area contributed by atoms with E-state index in [1.54, 1.807) is 18.9 Å². The molecular formula is C23H23ClN2O2S. The van der Waals surface area contributed by atoms with Gasteiger partial charge in [0.2, 0.25) is 5.91 Å². The molecule has 1 heterocycles. The summed E-state index contributed by atoms with van der Waals surface area (Å²) >= 11 is 7.96. The molecule has 0 bridgehead atoms. The Morgan fingerprint density at radius 1 is 1.00 bits per heavy atom. The van der Waals surface area contributed by atoms with Crippen LogP contribution in [0.3, 0.4) is 0 Å². The van der Waals surface area contributed by atoms with E-state index in [0.29, 0.717) is 18.8 Å². The normalized spacial score (nSPS) is 14.3. The molecule has 0 atom stereocenters. The van der Waals surface area contributed by atoms with Gasteiger partial charge in [0.25, 0.3) is 0 Å². The molecule has 3 aromatic rings. The van der Waals surface area contributed by atoms with Gasteiger partial charge in [0.1, 0.15) is 5.75 Å². The van der Waals surface area contributed by atoms with Crippen molar-refractivity contribution in [1.29, 1.82) is 0 Å². The molecule has 1 amide bonds. The lowest BCUT2D eigenvalue weighted by Crippen LogP contribution is -2.49. The number of hydrogen-bond acceptors (Lipinski definition) is 4. The second kappa shape index (κ2) is 8.97. The van der Waals surface area contributed by atoms with E-state index in [1.807, 2.05) is 59.5 Å². The van der Waals surface area contributed by atoms with Crippen LogP contribution >= 0.6 is 23.4 Å². The third-order valence-corrected chi connectivity index (χ3v) is 6.58. The van der Waals surface area contributed by atoms with Crippen LogP contribution < -0.4 is 9.64 Å². The summed E-state index contributed by atoms with van der Waals surface area (Å²) in [5.74, 6) is 1.45. The Kier molecular flexibility index (Phi) is 6.16. The van der Waals surface area contributed by atoms with Crippen molar-refractivity contribution in [2.24, 2.45) is 0 Å². The first-order valence-corrected chi connectivity index (χ1v) is 11.0. The summed E-state index contributed by atoms with van der Waals surface area (Å²) in [6.45, 7) is 3.04. The maximum absolute atomic E-state index is 12.8. The number of carbonyl (C=O) groups excluding carboxylic acids is 1. The second-order valence-electron chi connectivity index (χ2n) is 6.92. The molecule has 1 aliphatic heterocycles. The van der Waals surface area contributed by atoms with Crippen molar-refractivity contribution in [3.63, 3.8) is 0 Å². The summed E-state index contributed by atoms with van der Waals surface area (Å²) in [6.07, 6.45) is 0. The van der Waals surface area contributed by atoms with Crippen molar-refractivity contribution in [2.75, 3.05) is 43.9 Å². The first kappa shape index (κ1) is 19.9. The Hall–Kier alpha value is -2.37. The van der Waals surface area contributed by atoms with Crippen LogP contribution in [0.1, 0.15) is 0 Å². The third-order valence-electron chi connectivity index (χ3n) is 5.23. The highest BCUT2D eigenvalue weighted by molar-refractivity contribution is 8.00. The fourth-order valence-corrected chi connectivity index (χ4v) is 5.05. The molecule has 3 aromatic carbocycles. The number of rotatable bonds is 5. The minimum absolute atomic E-state index is 0.165. The molecule has 150 valence electrons. The number of para-hydroxylation sites is 2. The molecule has 4 nitrogen and oxygen atoms in total. The number of thioether (sulfide) groups is 1. The number of halogens is 1. The van der Waals surface area contributed by atoms with Crippen molar-refractivity contribution in [3.8, 4) is 5.75 Å². The quantitative estimate of drug-likeness (QED) is 0.541. The van der Waals surface area contributed by atoms with Gasteiger partial charge >= 0.3 is 0 Å². The minimum Gasteiger partial charge on any atom is -0.495 e. The maximum Gasteiger partial charge on any atom is 0.233 e. The molecule has 0 aromatic heterocycles. The van der Waals surface area contributed by atoms with Crippen LogP contribution in [0, 0.1) is 0 Å². The predicted molar refractivity (Wildman–Crippen MR) is 121 cm³/mol. The van der Waals surface area contributed by atoms with Gasteiger partial charge in [0, 0.05) is 41.5 Å². The van der Waals surface area contributed by atoms with Gasteiger partial charge in [-0.25, -0.2) is 0 Å². The number of hydrogen-bond donors (Lipinski definition) is 0. The number of fused-ring (bicyclic) bond motifs is 1. The number of benzene rings is 3.